The van der Waals surface area contributed by atoms with E-state index in [1.807, 2.05) is 23.7 Å². The summed E-state index contributed by atoms with van der Waals surface area (Å²) >= 11 is 4.92. The summed E-state index contributed by atoms with van der Waals surface area (Å²) in [5, 5.41) is 3.14. The van der Waals surface area contributed by atoms with E-state index in [2.05, 4.69) is 36.2 Å². The number of ether oxygens (including phenoxy) is 1. The van der Waals surface area contributed by atoms with Crippen LogP contribution in [0.4, 0.5) is 11.6 Å². The number of aromatic nitrogens is 3. The molecule has 1 N–H and O–H groups in total. The van der Waals surface area contributed by atoms with Crippen molar-refractivity contribution >= 4 is 49.1 Å². The molecular formula is C12H9BrN4OS. The van der Waals surface area contributed by atoms with Crippen molar-refractivity contribution in [3.63, 3.8) is 0 Å². The van der Waals surface area contributed by atoms with Gasteiger partial charge in [0.2, 0.25) is 11.8 Å². The number of halogens is 1. The number of thiazole rings is 1. The van der Waals surface area contributed by atoms with E-state index >= 15 is 0 Å². The summed E-state index contributed by atoms with van der Waals surface area (Å²) in [6.45, 7) is 0. The van der Waals surface area contributed by atoms with E-state index < -0.39 is 0 Å². The highest BCUT2D eigenvalue weighted by Crippen LogP contribution is 2.26. The lowest BCUT2D eigenvalue weighted by Crippen LogP contribution is -1.99. The number of rotatable bonds is 3. The Morgan fingerprint density at radius 3 is 3.05 bits per heavy atom. The standard InChI is InChI=1S/C12H9BrN4OS/c1-18-11-8(13)5-14-12(17-11)16-7-2-3-9-10(4-7)19-6-15-9/h2-6H,1H3,(H,14,16,17). The number of benzene rings is 1. The van der Waals surface area contributed by atoms with Crippen molar-refractivity contribution < 1.29 is 4.74 Å². The van der Waals surface area contributed by atoms with Crippen LogP contribution in [0.15, 0.2) is 34.4 Å². The van der Waals surface area contributed by atoms with Crippen LogP contribution in [0.3, 0.4) is 0 Å². The van der Waals surface area contributed by atoms with Gasteiger partial charge in [-0.1, -0.05) is 0 Å². The lowest BCUT2D eigenvalue weighted by molar-refractivity contribution is 0.394. The molecule has 0 radical (unpaired) electrons. The van der Waals surface area contributed by atoms with Crippen molar-refractivity contribution in [1.29, 1.82) is 0 Å². The zero-order valence-electron chi connectivity index (χ0n) is 9.92. The second-order valence-corrected chi connectivity index (χ2v) is 5.45. The molecule has 96 valence electrons. The van der Waals surface area contributed by atoms with Crippen molar-refractivity contribution in [3.8, 4) is 5.88 Å². The van der Waals surface area contributed by atoms with Gasteiger partial charge in [0, 0.05) is 5.69 Å². The highest BCUT2D eigenvalue weighted by Gasteiger charge is 2.06. The largest absolute Gasteiger partial charge is 0.480 e. The number of nitrogens with zero attached hydrogens (tertiary/aromatic N) is 3. The average Bonchev–Trinajstić information content (AvgIpc) is 2.88. The molecule has 0 saturated heterocycles. The van der Waals surface area contributed by atoms with Crippen molar-refractivity contribution in [2.24, 2.45) is 0 Å². The molecule has 0 aliphatic carbocycles. The van der Waals surface area contributed by atoms with Gasteiger partial charge in [-0.25, -0.2) is 9.97 Å². The van der Waals surface area contributed by atoms with Gasteiger partial charge in [0.1, 0.15) is 0 Å². The molecule has 0 bridgehead atoms. The summed E-state index contributed by atoms with van der Waals surface area (Å²) in [5.41, 5.74) is 3.74. The van der Waals surface area contributed by atoms with Crippen molar-refractivity contribution in [2.75, 3.05) is 12.4 Å². The summed E-state index contributed by atoms with van der Waals surface area (Å²) in [4.78, 5) is 12.7. The molecule has 7 heteroatoms. The van der Waals surface area contributed by atoms with Crippen LogP contribution >= 0.6 is 27.3 Å². The number of anilines is 2. The molecule has 0 atom stereocenters. The first-order valence-electron chi connectivity index (χ1n) is 5.43. The Morgan fingerprint density at radius 2 is 2.21 bits per heavy atom. The predicted octanol–water partition coefficient (Wildman–Crippen LogP) is 3.60. The molecule has 3 aromatic rings. The first kappa shape index (κ1) is 12.3. The monoisotopic (exact) mass is 336 g/mol. The van der Waals surface area contributed by atoms with Gasteiger partial charge in [0.25, 0.3) is 0 Å². The Hall–Kier alpha value is -1.73. The second kappa shape index (κ2) is 5.10. The maximum atomic E-state index is 5.14. The smallest absolute Gasteiger partial charge is 0.232 e. The van der Waals surface area contributed by atoms with Crippen LogP contribution in [0.2, 0.25) is 0 Å². The van der Waals surface area contributed by atoms with E-state index in [0.29, 0.717) is 11.8 Å². The first-order chi connectivity index (χ1) is 9.26. The lowest BCUT2D eigenvalue weighted by Gasteiger charge is -2.07. The molecule has 0 amide bonds. The summed E-state index contributed by atoms with van der Waals surface area (Å²) in [6.07, 6.45) is 1.65. The van der Waals surface area contributed by atoms with E-state index in [1.165, 1.54) is 0 Å². The number of hydrogen-bond donors (Lipinski definition) is 1. The summed E-state index contributed by atoms with van der Waals surface area (Å²) in [5.74, 6) is 0.986. The summed E-state index contributed by atoms with van der Waals surface area (Å²) < 4.78 is 6.98. The fourth-order valence-electron chi connectivity index (χ4n) is 1.62. The molecule has 3 rings (SSSR count). The first-order valence-corrected chi connectivity index (χ1v) is 7.10. The van der Waals surface area contributed by atoms with E-state index in [1.54, 1.807) is 24.6 Å². The molecular weight excluding hydrogens is 328 g/mol. The molecule has 0 fully saturated rings. The highest BCUT2D eigenvalue weighted by atomic mass is 79.9. The van der Waals surface area contributed by atoms with E-state index in [9.17, 15) is 0 Å². The summed E-state index contributed by atoms with van der Waals surface area (Å²) in [7, 11) is 1.57. The number of nitrogens with one attached hydrogen (secondary N) is 1. The fraction of sp³-hybridized carbons (Fsp3) is 0.0833. The van der Waals surface area contributed by atoms with Gasteiger partial charge in [-0.3, -0.25) is 0 Å². The van der Waals surface area contributed by atoms with Crippen molar-refractivity contribution in [2.45, 2.75) is 0 Å². The van der Waals surface area contributed by atoms with Gasteiger partial charge in [0.05, 0.1) is 33.5 Å². The van der Waals surface area contributed by atoms with Gasteiger partial charge in [0.15, 0.2) is 0 Å². The van der Waals surface area contributed by atoms with Crippen molar-refractivity contribution in [1.82, 2.24) is 15.0 Å². The quantitative estimate of drug-likeness (QED) is 0.791. The Bertz CT molecular complexity index is 731. The SMILES string of the molecule is COc1nc(Nc2ccc3ncsc3c2)ncc1Br. The molecule has 19 heavy (non-hydrogen) atoms. The Labute approximate surface area is 121 Å². The van der Waals surface area contributed by atoms with Crippen LogP contribution in [-0.4, -0.2) is 22.1 Å². The lowest BCUT2D eigenvalue weighted by atomic mass is 10.3. The van der Waals surface area contributed by atoms with Crippen LogP contribution < -0.4 is 10.1 Å². The van der Waals surface area contributed by atoms with Gasteiger partial charge in [-0.2, -0.15) is 4.98 Å². The molecule has 0 unspecified atom stereocenters. The third-order valence-electron chi connectivity index (χ3n) is 2.49. The van der Waals surface area contributed by atoms with Crippen LogP contribution in [0, 0.1) is 0 Å². The molecule has 2 heterocycles. The predicted molar refractivity (Wildman–Crippen MR) is 79.2 cm³/mol. The normalized spacial score (nSPS) is 10.6. The molecule has 5 nitrogen and oxygen atoms in total. The van der Waals surface area contributed by atoms with Crippen LogP contribution in [0.1, 0.15) is 0 Å². The Morgan fingerprint density at radius 1 is 1.32 bits per heavy atom. The maximum Gasteiger partial charge on any atom is 0.232 e. The van der Waals surface area contributed by atoms with Gasteiger partial charge in [-0.15, -0.1) is 11.3 Å². The Kier molecular flexibility index (Phi) is 3.31. The Balaban J connectivity index is 1.91. The number of hydrogen-bond acceptors (Lipinski definition) is 6. The van der Waals surface area contributed by atoms with Gasteiger partial charge < -0.3 is 10.1 Å². The number of fused-ring (bicyclic) bond motifs is 1. The maximum absolute atomic E-state index is 5.14. The molecule has 0 saturated carbocycles. The molecule has 0 spiro atoms. The fourth-order valence-corrected chi connectivity index (χ4v) is 2.69. The van der Waals surface area contributed by atoms with Crippen molar-refractivity contribution in [3.05, 3.63) is 34.4 Å². The zero-order valence-corrected chi connectivity index (χ0v) is 12.3. The zero-order chi connectivity index (χ0) is 13.2. The topological polar surface area (TPSA) is 59.9 Å². The minimum atomic E-state index is 0.490. The highest BCUT2D eigenvalue weighted by molar-refractivity contribution is 9.10. The van der Waals surface area contributed by atoms with Crippen LogP contribution in [0.5, 0.6) is 5.88 Å². The van der Waals surface area contributed by atoms with Crippen LogP contribution in [0.25, 0.3) is 10.2 Å². The molecule has 1 aromatic carbocycles. The van der Waals surface area contributed by atoms with E-state index in [-0.39, 0.29) is 0 Å². The third-order valence-corrected chi connectivity index (χ3v) is 3.83. The summed E-state index contributed by atoms with van der Waals surface area (Å²) in [6, 6.07) is 5.93. The average molecular weight is 337 g/mol. The minimum absolute atomic E-state index is 0.490. The van der Waals surface area contributed by atoms with E-state index in [4.69, 9.17) is 4.74 Å². The van der Waals surface area contributed by atoms with E-state index in [0.717, 1.165) is 20.4 Å². The molecule has 0 aliphatic heterocycles. The van der Waals surface area contributed by atoms with Crippen LogP contribution in [-0.2, 0) is 0 Å². The van der Waals surface area contributed by atoms with Gasteiger partial charge in [-0.05, 0) is 34.1 Å². The number of methoxy groups -OCH3 is 1. The molecule has 2 aromatic heterocycles. The van der Waals surface area contributed by atoms with Gasteiger partial charge >= 0.3 is 0 Å². The minimum Gasteiger partial charge on any atom is -0.480 e. The second-order valence-electron chi connectivity index (χ2n) is 3.71. The molecule has 0 aliphatic rings. The third kappa shape index (κ3) is 2.52.